The summed E-state index contributed by atoms with van der Waals surface area (Å²) >= 11 is 0. The van der Waals surface area contributed by atoms with Crippen LogP contribution >= 0.6 is 0 Å². The highest BCUT2D eigenvalue weighted by Gasteiger charge is 2.34. The van der Waals surface area contributed by atoms with Gasteiger partial charge in [-0.05, 0) is 49.7 Å². The van der Waals surface area contributed by atoms with Crippen molar-refractivity contribution >= 4 is 45.8 Å². The van der Waals surface area contributed by atoms with E-state index in [4.69, 9.17) is 18.9 Å². The summed E-state index contributed by atoms with van der Waals surface area (Å²) < 4.78 is 38.5. The minimum atomic E-state index is -0.832. The zero-order valence-electron chi connectivity index (χ0n) is 28.3. The maximum Gasteiger partial charge on any atom is 0.279 e. The Labute approximate surface area is 293 Å². The Morgan fingerprint density at radius 2 is 1.76 bits per heavy atom. The van der Waals surface area contributed by atoms with Crippen molar-refractivity contribution in [3.8, 4) is 23.0 Å². The molecule has 6 rings (SSSR count). The second kappa shape index (κ2) is 15.7. The van der Waals surface area contributed by atoms with Crippen LogP contribution in [0, 0.1) is 12.7 Å². The summed E-state index contributed by atoms with van der Waals surface area (Å²) in [6, 6.07) is 16.0. The van der Waals surface area contributed by atoms with Crippen LogP contribution in [0.4, 0.5) is 15.8 Å². The first-order valence-corrected chi connectivity index (χ1v) is 16.2. The van der Waals surface area contributed by atoms with Crippen LogP contribution < -0.4 is 24.5 Å². The molecule has 262 valence electrons. The number of morpholine rings is 1. The Bertz CT molecular complexity index is 2070. The van der Waals surface area contributed by atoms with Gasteiger partial charge in [-0.2, -0.15) is 5.10 Å². The van der Waals surface area contributed by atoms with Crippen LogP contribution in [0.15, 0.2) is 83.5 Å². The highest BCUT2D eigenvalue weighted by atomic mass is 19.1. The van der Waals surface area contributed by atoms with Crippen molar-refractivity contribution < 1.29 is 37.7 Å². The van der Waals surface area contributed by atoms with Crippen LogP contribution in [0.1, 0.15) is 12.0 Å². The van der Waals surface area contributed by atoms with Gasteiger partial charge in [0.15, 0.2) is 46.4 Å². The van der Waals surface area contributed by atoms with Crippen molar-refractivity contribution in [1.82, 2.24) is 14.8 Å². The Balaban J connectivity index is 1.17. The van der Waals surface area contributed by atoms with E-state index in [2.05, 4.69) is 20.3 Å². The fourth-order valence-electron chi connectivity index (χ4n) is 5.60. The van der Waals surface area contributed by atoms with Crippen LogP contribution in [0.25, 0.3) is 10.9 Å². The number of nitrogens with one attached hydrogen (secondary N) is 1. The molecule has 0 atom stereocenters. The van der Waals surface area contributed by atoms with Crippen molar-refractivity contribution in [3.63, 3.8) is 0 Å². The summed E-state index contributed by atoms with van der Waals surface area (Å²) in [6.45, 7) is 6.59. The molecule has 13 nitrogen and oxygen atoms in total. The number of ether oxygens (including phenoxy) is 4. The van der Waals surface area contributed by atoms with Gasteiger partial charge in [0.25, 0.3) is 5.91 Å². The predicted octanol–water partition coefficient (Wildman–Crippen LogP) is 4.72. The molecule has 2 aliphatic heterocycles. The average Bonchev–Trinajstić information content (AvgIpc) is 3.14. The fraction of sp³-hybridized carbons (Fsp3) is 0.270. The number of halogens is 1. The van der Waals surface area contributed by atoms with E-state index in [1.807, 2.05) is 6.92 Å². The number of hydrazone groups is 1. The lowest BCUT2D eigenvalue weighted by atomic mass is 10.1. The zero-order chi connectivity index (χ0) is 35.9. The monoisotopic (exact) mass is 694 g/mol. The van der Waals surface area contributed by atoms with Crippen molar-refractivity contribution in [2.75, 3.05) is 63.9 Å². The SMILES string of the molecule is COc1cc2c(Oc3ccc(NC(=O)C4=NN(c5ccc(C)cc5)C(=C=O)N(C)C4=C=O)cc3F)ccnc2cc1OCCCN1CCOCC1. The second-order valence-corrected chi connectivity index (χ2v) is 11.7. The molecule has 3 heterocycles. The molecule has 1 fully saturated rings. The fourth-order valence-corrected chi connectivity index (χ4v) is 5.60. The van der Waals surface area contributed by atoms with Gasteiger partial charge in [0.1, 0.15) is 5.75 Å². The molecule has 0 bridgehead atoms. The van der Waals surface area contributed by atoms with Gasteiger partial charge in [-0.25, -0.2) is 19.0 Å². The summed E-state index contributed by atoms with van der Waals surface area (Å²) in [5.41, 5.74) is 1.41. The minimum absolute atomic E-state index is 0.0655. The first-order valence-electron chi connectivity index (χ1n) is 16.2. The molecule has 0 aliphatic carbocycles. The molecule has 1 saturated heterocycles. The Hall–Kier alpha value is -6.04. The standard InChI is InChI=1S/C37H35FN6O7/c1-24-5-8-26(9-6-24)44-35(23-46)42(2)30(22-45)36(41-44)37(47)40-25-7-10-32(28(38)19-25)51-31-11-12-39-29-21-34(33(48-3)20-27(29)31)50-16-4-13-43-14-17-49-18-15-43/h5-12,19-21H,4,13-18H2,1-3H3,(H,40,47). The topological polar surface area (TPSA) is 135 Å². The van der Waals surface area contributed by atoms with Crippen molar-refractivity contribution in [2.45, 2.75) is 13.3 Å². The summed E-state index contributed by atoms with van der Waals surface area (Å²) in [4.78, 5) is 45.1. The molecule has 0 unspecified atom stereocenters. The molecule has 14 heteroatoms. The van der Waals surface area contributed by atoms with Gasteiger partial charge in [-0.3, -0.25) is 14.7 Å². The third kappa shape index (κ3) is 7.75. The van der Waals surface area contributed by atoms with E-state index in [1.165, 1.54) is 31.3 Å². The number of hydrogen-bond acceptors (Lipinski definition) is 12. The van der Waals surface area contributed by atoms with Crippen LogP contribution in [-0.2, 0) is 19.1 Å². The molecular weight excluding hydrogens is 659 g/mol. The number of methoxy groups -OCH3 is 1. The third-order valence-corrected chi connectivity index (χ3v) is 8.34. The lowest BCUT2D eigenvalue weighted by Crippen LogP contribution is -2.43. The molecule has 3 aromatic carbocycles. The van der Waals surface area contributed by atoms with E-state index in [0.29, 0.717) is 40.4 Å². The molecule has 1 aromatic heterocycles. The van der Waals surface area contributed by atoms with E-state index in [0.717, 1.165) is 55.8 Å². The van der Waals surface area contributed by atoms with Gasteiger partial charge in [0.05, 0.1) is 38.1 Å². The normalized spacial score (nSPS) is 14.9. The third-order valence-electron chi connectivity index (χ3n) is 8.34. The Morgan fingerprint density at radius 3 is 2.47 bits per heavy atom. The number of anilines is 2. The number of aromatic nitrogens is 1. The van der Waals surface area contributed by atoms with Gasteiger partial charge in [0, 0.05) is 56.1 Å². The lowest BCUT2D eigenvalue weighted by Gasteiger charge is -2.32. The molecule has 0 saturated carbocycles. The maximum atomic E-state index is 15.5. The molecular formula is C37H35FN6O7. The molecule has 1 amide bonds. The van der Waals surface area contributed by atoms with Crippen LogP contribution in [0.2, 0.25) is 0 Å². The number of aryl methyl sites for hydroxylation is 1. The minimum Gasteiger partial charge on any atom is -0.493 e. The van der Waals surface area contributed by atoms with Gasteiger partial charge in [-0.1, -0.05) is 17.7 Å². The second-order valence-electron chi connectivity index (χ2n) is 11.7. The average molecular weight is 695 g/mol. The van der Waals surface area contributed by atoms with Crippen molar-refractivity contribution in [1.29, 1.82) is 0 Å². The van der Waals surface area contributed by atoms with E-state index in [1.54, 1.807) is 60.5 Å². The number of nitrogens with zero attached hydrogens (tertiary/aromatic N) is 5. The highest BCUT2D eigenvalue weighted by molar-refractivity contribution is 6.50. The molecule has 4 aromatic rings. The maximum absolute atomic E-state index is 15.5. The smallest absolute Gasteiger partial charge is 0.279 e. The number of fused-ring (bicyclic) bond motifs is 1. The van der Waals surface area contributed by atoms with Crippen molar-refractivity contribution in [3.05, 3.63) is 89.8 Å². The number of carbonyl (C=O) groups is 1. The molecule has 2 aliphatic rings. The molecule has 51 heavy (non-hydrogen) atoms. The molecule has 0 radical (unpaired) electrons. The Morgan fingerprint density at radius 1 is 0.980 bits per heavy atom. The van der Waals surface area contributed by atoms with Gasteiger partial charge < -0.3 is 29.2 Å². The number of rotatable bonds is 11. The Kier molecular flexibility index (Phi) is 10.7. The molecule has 0 spiro atoms. The number of amides is 1. The number of hydrogen-bond donors (Lipinski definition) is 1. The predicted molar refractivity (Wildman–Crippen MR) is 188 cm³/mol. The molecule has 1 N–H and O–H groups in total. The zero-order valence-corrected chi connectivity index (χ0v) is 28.3. The van der Waals surface area contributed by atoms with Gasteiger partial charge in [0.2, 0.25) is 5.82 Å². The van der Waals surface area contributed by atoms with Crippen molar-refractivity contribution in [2.24, 2.45) is 5.10 Å². The number of pyridine rings is 1. The van der Waals surface area contributed by atoms with E-state index >= 15 is 4.39 Å². The quantitative estimate of drug-likeness (QED) is 0.173. The first-order chi connectivity index (χ1) is 24.8. The van der Waals surface area contributed by atoms with E-state index < -0.39 is 11.7 Å². The number of carbonyl (C=O) groups excluding carboxylic acids is 3. The summed E-state index contributed by atoms with van der Waals surface area (Å²) in [5, 5.41) is 8.58. The van der Waals surface area contributed by atoms with E-state index in [-0.39, 0.29) is 28.7 Å². The van der Waals surface area contributed by atoms with Crippen LogP contribution in [-0.4, -0.2) is 91.9 Å². The number of benzene rings is 3. The summed E-state index contributed by atoms with van der Waals surface area (Å²) in [5.74, 6) is 2.92. The van der Waals surface area contributed by atoms with E-state index in [9.17, 15) is 14.4 Å². The largest absolute Gasteiger partial charge is 0.493 e. The summed E-state index contributed by atoms with van der Waals surface area (Å²) in [7, 11) is 2.95. The highest BCUT2D eigenvalue weighted by Crippen LogP contribution is 2.38. The van der Waals surface area contributed by atoms with Crippen LogP contribution in [0.3, 0.4) is 0 Å². The van der Waals surface area contributed by atoms with Gasteiger partial charge >= 0.3 is 0 Å². The van der Waals surface area contributed by atoms with Gasteiger partial charge in [-0.15, -0.1) is 0 Å². The first kappa shape index (κ1) is 34.8. The summed E-state index contributed by atoms with van der Waals surface area (Å²) in [6.07, 6.45) is 2.38. The van der Waals surface area contributed by atoms with Crippen LogP contribution in [0.5, 0.6) is 23.0 Å². The lowest BCUT2D eigenvalue weighted by molar-refractivity contribution is -0.110.